The molecule has 1 N–H and O–H groups in total. The molecule has 0 aromatic carbocycles. The molecule has 0 aromatic rings. The van der Waals surface area contributed by atoms with Crippen molar-refractivity contribution in [3.8, 4) is 0 Å². The Balaban J connectivity index is 2.24. The topological polar surface area (TPSA) is 26.7 Å². The maximum absolute atomic E-state index is 9.71. The molecule has 1 heterocycles. The fourth-order valence-electron chi connectivity index (χ4n) is 1.93. The number of hydrogen-bond acceptors (Lipinski definition) is 3. The lowest BCUT2D eigenvalue weighted by Crippen LogP contribution is -2.50. The van der Waals surface area contributed by atoms with Crippen LogP contribution in [0.25, 0.3) is 0 Å². The highest BCUT2D eigenvalue weighted by molar-refractivity contribution is 4.84. The Kier molecular flexibility index (Phi) is 4.77. The van der Waals surface area contributed by atoms with Crippen LogP contribution in [0.15, 0.2) is 12.2 Å². The van der Waals surface area contributed by atoms with Crippen LogP contribution in [0.1, 0.15) is 20.8 Å². The normalized spacial score (nSPS) is 21.3. The number of aliphatic hydroxyl groups is 1. The van der Waals surface area contributed by atoms with Gasteiger partial charge in [0.25, 0.3) is 0 Å². The molecule has 0 spiro atoms. The molecule has 1 saturated heterocycles. The van der Waals surface area contributed by atoms with Gasteiger partial charge in [0.2, 0.25) is 0 Å². The molecule has 88 valence electrons. The summed E-state index contributed by atoms with van der Waals surface area (Å²) in [6.45, 7) is 12.0. The second kappa shape index (κ2) is 5.64. The van der Waals surface area contributed by atoms with E-state index >= 15 is 0 Å². The Morgan fingerprint density at radius 2 is 1.67 bits per heavy atom. The van der Waals surface area contributed by atoms with Crippen LogP contribution in [-0.2, 0) is 0 Å². The molecule has 0 aromatic heterocycles. The van der Waals surface area contributed by atoms with Crippen molar-refractivity contribution in [1.82, 2.24) is 9.80 Å². The van der Waals surface area contributed by atoms with Gasteiger partial charge in [0.15, 0.2) is 0 Å². The number of nitrogens with zero attached hydrogens (tertiary/aromatic N) is 2. The second-order valence-corrected chi connectivity index (χ2v) is 4.96. The maximum atomic E-state index is 9.71. The average molecular weight is 212 g/mol. The number of piperazine rings is 1. The van der Waals surface area contributed by atoms with E-state index in [1.165, 1.54) is 0 Å². The van der Waals surface area contributed by atoms with Gasteiger partial charge in [-0.3, -0.25) is 9.80 Å². The van der Waals surface area contributed by atoms with Gasteiger partial charge in [0.1, 0.15) is 0 Å². The zero-order valence-corrected chi connectivity index (χ0v) is 10.2. The molecular formula is C12H24N2O. The van der Waals surface area contributed by atoms with Gasteiger partial charge in [-0.25, -0.2) is 0 Å². The van der Waals surface area contributed by atoms with Crippen molar-refractivity contribution in [2.75, 3.05) is 39.3 Å². The minimum Gasteiger partial charge on any atom is -0.389 e. The number of hydrogen-bond donors (Lipinski definition) is 1. The van der Waals surface area contributed by atoms with E-state index in [-0.39, 0.29) is 0 Å². The third-order valence-electron chi connectivity index (χ3n) is 2.67. The predicted octanol–water partition coefficient (Wildman–Crippen LogP) is 0.951. The lowest BCUT2D eigenvalue weighted by Gasteiger charge is -2.36. The van der Waals surface area contributed by atoms with Gasteiger partial charge < -0.3 is 5.11 Å². The highest BCUT2D eigenvalue weighted by atomic mass is 16.3. The van der Waals surface area contributed by atoms with E-state index in [0.29, 0.717) is 0 Å². The molecule has 1 rings (SSSR count). The zero-order valence-electron chi connectivity index (χ0n) is 10.2. The molecule has 1 fully saturated rings. The Morgan fingerprint density at radius 1 is 1.13 bits per heavy atom. The van der Waals surface area contributed by atoms with Crippen molar-refractivity contribution in [2.24, 2.45) is 0 Å². The largest absolute Gasteiger partial charge is 0.389 e. The van der Waals surface area contributed by atoms with Gasteiger partial charge in [-0.1, -0.05) is 12.2 Å². The first-order valence-electron chi connectivity index (χ1n) is 5.79. The smallest absolute Gasteiger partial charge is 0.0718 e. The van der Waals surface area contributed by atoms with Gasteiger partial charge in [0.05, 0.1) is 5.60 Å². The van der Waals surface area contributed by atoms with Crippen LogP contribution in [0.2, 0.25) is 0 Å². The predicted molar refractivity (Wildman–Crippen MR) is 64.0 cm³/mol. The maximum Gasteiger partial charge on any atom is 0.0718 e. The van der Waals surface area contributed by atoms with Crippen LogP contribution in [0.3, 0.4) is 0 Å². The summed E-state index contributed by atoms with van der Waals surface area (Å²) in [6, 6.07) is 0. The van der Waals surface area contributed by atoms with Gasteiger partial charge in [-0.15, -0.1) is 0 Å². The van der Waals surface area contributed by atoms with Crippen molar-refractivity contribution < 1.29 is 5.11 Å². The second-order valence-electron chi connectivity index (χ2n) is 4.96. The average Bonchev–Trinajstić information content (AvgIpc) is 2.14. The molecule has 1 aliphatic heterocycles. The van der Waals surface area contributed by atoms with Crippen LogP contribution < -0.4 is 0 Å². The van der Waals surface area contributed by atoms with Gasteiger partial charge >= 0.3 is 0 Å². The van der Waals surface area contributed by atoms with E-state index in [0.717, 1.165) is 39.3 Å². The molecule has 15 heavy (non-hydrogen) atoms. The van der Waals surface area contributed by atoms with Crippen molar-refractivity contribution >= 4 is 0 Å². The molecule has 1 aliphatic rings. The number of allylic oxidation sites excluding steroid dienone is 1. The van der Waals surface area contributed by atoms with Crippen LogP contribution in [0.5, 0.6) is 0 Å². The summed E-state index contributed by atoms with van der Waals surface area (Å²) in [7, 11) is 0. The molecule has 0 unspecified atom stereocenters. The SMILES string of the molecule is CC=CCN1CCN(CC(C)(C)O)CC1. The number of rotatable bonds is 4. The van der Waals surface area contributed by atoms with Crippen LogP contribution >= 0.6 is 0 Å². The summed E-state index contributed by atoms with van der Waals surface area (Å²) in [6.07, 6.45) is 4.30. The van der Waals surface area contributed by atoms with E-state index < -0.39 is 5.60 Å². The van der Waals surface area contributed by atoms with Gasteiger partial charge in [-0.05, 0) is 20.8 Å². The Labute approximate surface area is 93.4 Å². The number of β-amino-alcohol motifs (C(OH)–C–C–N with tert-alkyl or cyclic N) is 1. The fraction of sp³-hybridized carbons (Fsp3) is 0.833. The highest BCUT2D eigenvalue weighted by Gasteiger charge is 2.21. The fourth-order valence-corrected chi connectivity index (χ4v) is 1.93. The first-order valence-corrected chi connectivity index (χ1v) is 5.79. The summed E-state index contributed by atoms with van der Waals surface area (Å²) >= 11 is 0. The Morgan fingerprint density at radius 3 is 2.13 bits per heavy atom. The van der Waals surface area contributed by atoms with Gasteiger partial charge in [0, 0.05) is 39.3 Å². The van der Waals surface area contributed by atoms with E-state index in [9.17, 15) is 5.11 Å². The summed E-state index contributed by atoms with van der Waals surface area (Å²) in [5.74, 6) is 0. The summed E-state index contributed by atoms with van der Waals surface area (Å²) in [5, 5.41) is 9.71. The van der Waals surface area contributed by atoms with Crippen molar-refractivity contribution in [3.05, 3.63) is 12.2 Å². The molecule has 3 heteroatoms. The first-order chi connectivity index (χ1) is 7.01. The quantitative estimate of drug-likeness (QED) is 0.703. The van der Waals surface area contributed by atoms with E-state index in [2.05, 4.69) is 28.9 Å². The summed E-state index contributed by atoms with van der Waals surface area (Å²) in [4.78, 5) is 4.78. The van der Waals surface area contributed by atoms with Crippen LogP contribution in [-0.4, -0.2) is 59.8 Å². The molecule has 0 radical (unpaired) electrons. The monoisotopic (exact) mass is 212 g/mol. The third-order valence-corrected chi connectivity index (χ3v) is 2.67. The van der Waals surface area contributed by atoms with E-state index in [4.69, 9.17) is 0 Å². The molecule has 0 aliphatic carbocycles. The van der Waals surface area contributed by atoms with E-state index in [1.54, 1.807) is 0 Å². The standard InChI is InChI=1S/C12H24N2O/c1-4-5-6-13-7-9-14(10-8-13)11-12(2,3)15/h4-5,15H,6-11H2,1-3H3. The zero-order chi connectivity index (χ0) is 11.3. The molecule has 0 amide bonds. The Hall–Kier alpha value is -0.380. The minimum atomic E-state index is -0.564. The molecule has 3 nitrogen and oxygen atoms in total. The molecule has 0 bridgehead atoms. The van der Waals surface area contributed by atoms with Crippen LogP contribution in [0.4, 0.5) is 0 Å². The van der Waals surface area contributed by atoms with Crippen LogP contribution in [0, 0.1) is 0 Å². The lowest BCUT2D eigenvalue weighted by molar-refractivity contribution is 0.0193. The van der Waals surface area contributed by atoms with E-state index in [1.807, 2.05) is 13.8 Å². The summed E-state index contributed by atoms with van der Waals surface area (Å²) in [5.41, 5.74) is -0.564. The molecule has 0 atom stereocenters. The van der Waals surface area contributed by atoms with Crippen molar-refractivity contribution in [1.29, 1.82) is 0 Å². The summed E-state index contributed by atoms with van der Waals surface area (Å²) < 4.78 is 0. The molecule has 0 saturated carbocycles. The third kappa shape index (κ3) is 5.30. The Bertz CT molecular complexity index is 200. The first kappa shape index (κ1) is 12.7. The van der Waals surface area contributed by atoms with Crippen molar-refractivity contribution in [2.45, 2.75) is 26.4 Å². The minimum absolute atomic E-state index is 0.564. The van der Waals surface area contributed by atoms with Crippen molar-refractivity contribution in [3.63, 3.8) is 0 Å². The van der Waals surface area contributed by atoms with Gasteiger partial charge in [-0.2, -0.15) is 0 Å². The highest BCUT2D eigenvalue weighted by Crippen LogP contribution is 2.08. The lowest BCUT2D eigenvalue weighted by atomic mass is 10.1. The molecular weight excluding hydrogens is 188 g/mol.